The molecule has 2 N–H and O–H groups in total. The molecule has 2 aliphatic rings. The maximum absolute atomic E-state index is 12.3. The second kappa shape index (κ2) is 9.68. The zero-order valence-electron chi connectivity index (χ0n) is 15.4. The van der Waals surface area contributed by atoms with Crippen LogP contribution in [0.2, 0.25) is 0 Å². The van der Waals surface area contributed by atoms with Crippen molar-refractivity contribution in [3.8, 4) is 0 Å². The second-order valence-electron chi connectivity index (χ2n) is 7.06. The Morgan fingerprint density at radius 3 is 2.54 bits per heavy atom. The van der Waals surface area contributed by atoms with Crippen molar-refractivity contribution in [1.82, 2.24) is 14.7 Å². The van der Waals surface area contributed by atoms with Crippen LogP contribution in [0.4, 0.5) is 0 Å². The Morgan fingerprint density at radius 1 is 1.25 bits per heavy atom. The average Bonchev–Trinajstić information content (AvgIpc) is 2.60. The normalized spacial score (nSPS) is 25.2. The molecule has 0 aromatic carbocycles. The van der Waals surface area contributed by atoms with Crippen molar-refractivity contribution in [2.75, 3.05) is 66.1 Å². The van der Waals surface area contributed by atoms with Gasteiger partial charge in [0, 0.05) is 65.5 Å². The van der Waals surface area contributed by atoms with Crippen LogP contribution in [0.25, 0.3) is 0 Å². The smallest absolute Gasteiger partial charge is 0.225 e. The van der Waals surface area contributed by atoms with Crippen LogP contribution < -0.4 is 5.73 Å². The predicted octanol–water partition coefficient (Wildman–Crippen LogP) is -0.396. The minimum absolute atomic E-state index is 0.145. The molecule has 2 heterocycles. The summed E-state index contributed by atoms with van der Waals surface area (Å²) in [5, 5.41) is 0. The molecule has 0 saturated carbocycles. The Bertz CT molecular complexity index is 382. The fourth-order valence-electron chi connectivity index (χ4n) is 3.38. The van der Waals surface area contributed by atoms with Crippen molar-refractivity contribution < 1.29 is 14.3 Å². The van der Waals surface area contributed by atoms with E-state index in [0.29, 0.717) is 19.0 Å². The molecule has 0 spiro atoms. The van der Waals surface area contributed by atoms with E-state index in [2.05, 4.69) is 23.6 Å². The number of carbonyl (C=O) groups excluding carboxylic acids is 1. The summed E-state index contributed by atoms with van der Waals surface area (Å²) in [6.45, 7) is 12.0. The minimum atomic E-state index is -0.173. The van der Waals surface area contributed by atoms with E-state index in [4.69, 9.17) is 15.2 Å². The van der Waals surface area contributed by atoms with Crippen molar-refractivity contribution in [3.63, 3.8) is 0 Å². The molecule has 2 aliphatic heterocycles. The van der Waals surface area contributed by atoms with Gasteiger partial charge in [-0.1, -0.05) is 0 Å². The third-order valence-corrected chi connectivity index (χ3v) is 5.09. The van der Waals surface area contributed by atoms with Crippen molar-refractivity contribution >= 4 is 5.91 Å². The summed E-state index contributed by atoms with van der Waals surface area (Å²) in [4.78, 5) is 19.1. The molecule has 0 aromatic rings. The summed E-state index contributed by atoms with van der Waals surface area (Å²) in [5.41, 5.74) is 5.60. The predicted molar refractivity (Wildman–Crippen MR) is 93.9 cm³/mol. The SMILES string of the molecule is COC(CN)CC(=O)N1CCN(CC2CN(C(C)C)CCO2)CC1. The highest BCUT2D eigenvalue weighted by Gasteiger charge is 2.27. The van der Waals surface area contributed by atoms with E-state index in [1.807, 2.05) is 4.90 Å². The van der Waals surface area contributed by atoms with Crippen LogP contribution in [0.15, 0.2) is 0 Å². The molecule has 0 bridgehead atoms. The molecule has 2 unspecified atom stereocenters. The number of nitrogens with two attached hydrogens (primary N) is 1. The van der Waals surface area contributed by atoms with Crippen LogP contribution in [0, 0.1) is 0 Å². The lowest BCUT2D eigenvalue weighted by atomic mass is 10.2. The zero-order valence-corrected chi connectivity index (χ0v) is 15.4. The molecule has 24 heavy (non-hydrogen) atoms. The molecule has 1 amide bonds. The number of hydrogen-bond acceptors (Lipinski definition) is 6. The van der Waals surface area contributed by atoms with Crippen LogP contribution in [0.1, 0.15) is 20.3 Å². The number of ether oxygens (including phenoxy) is 2. The van der Waals surface area contributed by atoms with E-state index >= 15 is 0 Å². The summed E-state index contributed by atoms with van der Waals surface area (Å²) in [6, 6.07) is 0.571. The number of piperazine rings is 1. The largest absolute Gasteiger partial charge is 0.380 e. The standard InChI is InChI=1S/C17H34N4O3/c1-14(2)21-8-9-24-16(13-21)12-19-4-6-20(7-5-19)17(22)10-15(11-18)23-3/h14-16H,4-13,18H2,1-3H3. The van der Waals surface area contributed by atoms with Gasteiger partial charge in [-0.2, -0.15) is 0 Å². The molecular weight excluding hydrogens is 308 g/mol. The molecular formula is C17H34N4O3. The highest BCUT2D eigenvalue weighted by Crippen LogP contribution is 2.12. The van der Waals surface area contributed by atoms with Crippen LogP contribution in [0.3, 0.4) is 0 Å². The fourth-order valence-corrected chi connectivity index (χ4v) is 3.38. The Morgan fingerprint density at radius 2 is 1.96 bits per heavy atom. The van der Waals surface area contributed by atoms with Gasteiger partial charge < -0.3 is 20.1 Å². The van der Waals surface area contributed by atoms with Gasteiger partial charge >= 0.3 is 0 Å². The van der Waals surface area contributed by atoms with Gasteiger partial charge in [0.05, 0.1) is 25.2 Å². The van der Waals surface area contributed by atoms with Crippen LogP contribution in [-0.4, -0.2) is 105 Å². The molecule has 0 aromatic heterocycles. The Labute approximate surface area is 146 Å². The first-order chi connectivity index (χ1) is 11.5. The number of nitrogens with zero attached hydrogens (tertiary/aromatic N) is 3. The molecule has 2 saturated heterocycles. The molecule has 7 nitrogen and oxygen atoms in total. The molecule has 7 heteroatoms. The number of amides is 1. The molecule has 0 radical (unpaired) electrons. The highest BCUT2D eigenvalue weighted by molar-refractivity contribution is 5.76. The number of morpholine rings is 1. The monoisotopic (exact) mass is 342 g/mol. The van der Waals surface area contributed by atoms with E-state index in [-0.39, 0.29) is 18.1 Å². The van der Waals surface area contributed by atoms with E-state index in [9.17, 15) is 4.79 Å². The van der Waals surface area contributed by atoms with Gasteiger partial charge in [-0.05, 0) is 13.8 Å². The van der Waals surface area contributed by atoms with Crippen molar-refractivity contribution in [3.05, 3.63) is 0 Å². The second-order valence-corrected chi connectivity index (χ2v) is 7.06. The first-order valence-corrected chi connectivity index (χ1v) is 9.12. The van der Waals surface area contributed by atoms with Gasteiger partial charge in [-0.25, -0.2) is 0 Å². The van der Waals surface area contributed by atoms with Crippen molar-refractivity contribution in [2.24, 2.45) is 5.73 Å². The van der Waals surface area contributed by atoms with Crippen molar-refractivity contribution in [2.45, 2.75) is 38.5 Å². The van der Waals surface area contributed by atoms with Gasteiger partial charge in [-0.3, -0.25) is 14.6 Å². The lowest BCUT2D eigenvalue weighted by Gasteiger charge is -2.40. The number of carbonyl (C=O) groups is 1. The summed E-state index contributed by atoms with van der Waals surface area (Å²) < 4.78 is 11.1. The maximum Gasteiger partial charge on any atom is 0.225 e. The third-order valence-electron chi connectivity index (χ3n) is 5.09. The van der Waals surface area contributed by atoms with Crippen molar-refractivity contribution in [1.29, 1.82) is 0 Å². The zero-order chi connectivity index (χ0) is 17.5. The highest BCUT2D eigenvalue weighted by atomic mass is 16.5. The quantitative estimate of drug-likeness (QED) is 0.679. The van der Waals surface area contributed by atoms with Gasteiger partial charge in [0.25, 0.3) is 0 Å². The van der Waals surface area contributed by atoms with Gasteiger partial charge in [0.1, 0.15) is 0 Å². The van der Waals surface area contributed by atoms with Gasteiger partial charge in [0.15, 0.2) is 0 Å². The van der Waals surface area contributed by atoms with E-state index < -0.39 is 0 Å². The molecule has 0 aliphatic carbocycles. The van der Waals surface area contributed by atoms with Gasteiger partial charge in [-0.15, -0.1) is 0 Å². The molecule has 2 rings (SSSR count). The Balaban J connectivity index is 1.71. The van der Waals surface area contributed by atoms with Gasteiger partial charge in [0.2, 0.25) is 5.91 Å². The first-order valence-electron chi connectivity index (χ1n) is 9.12. The summed E-state index contributed by atoms with van der Waals surface area (Å²) in [7, 11) is 1.60. The van der Waals surface area contributed by atoms with E-state index in [1.165, 1.54) is 0 Å². The number of methoxy groups -OCH3 is 1. The Kier molecular flexibility index (Phi) is 7.90. The Hall–Kier alpha value is -0.730. The molecule has 2 atom stereocenters. The lowest BCUT2D eigenvalue weighted by molar-refractivity contribution is -0.135. The van der Waals surface area contributed by atoms with Crippen LogP contribution in [-0.2, 0) is 14.3 Å². The average molecular weight is 342 g/mol. The maximum atomic E-state index is 12.3. The third kappa shape index (κ3) is 5.67. The number of rotatable bonds is 7. The number of hydrogen-bond donors (Lipinski definition) is 1. The summed E-state index contributed by atoms with van der Waals surface area (Å²) in [5.74, 6) is 0.145. The van der Waals surface area contributed by atoms with Crippen LogP contribution >= 0.6 is 0 Å². The fraction of sp³-hybridized carbons (Fsp3) is 0.941. The summed E-state index contributed by atoms with van der Waals surface area (Å²) in [6.07, 6.45) is 0.480. The molecule has 140 valence electrons. The first kappa shape index (κ1) is 19.6. The molecule has 2 fully saturated rings. The van der Waals surface area contributed by atoms with E-state index in [0.717, 1.165) is 52.4 Å². The lowest BCUT2D eigenvalue weighted by Crippen LogP contribution is -2.54. The van der Waals surface area contributed by atoms with Crippen LogP contribution in [0.5, 0.6) is 0 Å². The minimum Gasteiger partial charge on any atom is -0.380 e. The van der Waals surface area contributed by atoms with E-state index in [1.54, 1.807) is 7.11 Å². The summed E-state index contributed by atoms with van der Waals surface area (Å²) >= 11 is 0. The topological polar surface area (TPSA) is 71.3 Å².